The van der Waals surface area contributed by atoms with E-state index < -0.39 is 0 Å². The average molecular weight is 208 g/mol. The van der Waals surface area contributed by atoms with Crippen LogP contribution in [0.4, 0.5) is 0 Å². The molecule has 1 amide bonds. The Hall–Kier alpha value is -1.39. The van der Waals surface area contributed by atoms with Gasteiger partial charge in [-0.15, -0.1) is 0 Å². The summed E-state index contributed by atoms with van der Waals surface area (Å²) in [7, 11) is 0. The summed E-state index contributed by atoms with van der Waals surface area (Å²) in [5.74, 6) is 0.0876. The molecule has 2 rings (SSSR count). The van der Waals surface area contributed by atoms with Gasteiger partial charge in [0.05, 0.1) is 0 Å². The Morgan fingerprint density at radius 1 is 1.40 bits per heavy atom. The molecule has 0 spiro atoms. The van der Waals surface area contributed by atoms with Gasteiger partial charge in [-0.1, -0.05) is 27.7 Å². The standard InChI is InChI=1S/C10H16N4O/c1-9(2)8(10(9,3)4)13-7(15)6-11-5-12-14-6/h5,8H,1-4H3,(H,13,15)(H,11,12,14). The highest BCUT2D eigenvalue weighted by Crippen LogP contribution is 2.62. The fourth-order valence-electron chi connectivity index (χ4n) is 2.07. The Labute approximate surface area is 88.7 Å². The summed E-state index contributed by atoms with van der Waals surface area (Å²) in [4.78, 5) is 15.5. The van der Waals surface area contributed by atoms with Crippen molar-refractivity contribution in [2.75, 3.05) is 0 Å². The molecule has 5 heteroatoms. The number of rotatable bonds is 2. The van der Waals surface area contributed by atoms with Gasteiger partial charge in [-0.05, 0) is 10.8 Å². The topological polar surface area (TPSA) is 70.7 Å². The summed E-state index contributed by atoms with van der Waals surface area (Å²) < 4.78 is 0. The lowest BCUT2D eigenvalue weighted by Crippen LogP contribution is -2.30. The van der Waals surface area contributed by atoms with E-state index in [1.807, 2.05) is 0 Å². The van der Waals surface area contributed by atoms with E-state index in [-0.39, 0.29) is 28.6 Å². The van der Waals surface area contributed by atoms with Gasteiger partial charge in [0.15, 0.2) is 0 Å². The maximum absolute atomic E-state index is 11.7. The number of hydrogen-bond donors (Lipinski definition) is 2. The lowest BCUT2D eigenvalue weighted by atomic mass is 10.0. The number of hydrogen-bond acceptors (Lipinski definition) is 3. The van der Waals surface area contributed by atoms with E-state index in [9.17, 15) is 4.79 Å². The van der Waals surface area contributed by atoms with Crippen LogP contribution in [0.15, 0.2) is 6.33 Å². The first-order valence-electron chi connectivity index (χ1n) is 5.03. The highest BCUT2D eigenvalue weighted by atomic mass is 16.2. The number of carbonyl (C=O) groups is 1. The summed E-state index contributed by atoms with van der Waals surface area (Å²) in [6.45, 7) is 8.60. The molecule has 82 valence electrons. The van der Waals surface area contributed by atoms with Crippen LogP contribution in [0.3, 0.4) is 0 Å². The first-order chi connectivity index (χ1) is 6.87. The third kappa shape index (κ3) is 1.33. The Morgan fingerprint density at radius 2 is 2.00 bits per heavy atom. The van der Waals surface area contributed by atoms with E-state index in [1.165, 1.54) is 6.33 Å². The van der Waals surface area contributed by atoms with Gasteiger partial charge in [-0.2, -0.15) is 5.10 Å². The molecule has 2 N–H and O–H groups in total. The largest absolute Gasteiger partial charge is 0.345 e. The van der Waals surface area contributed by atoms with E-state index >= 15 is 0 Å². The predicted molar refractivity (Wildman–Crippen MR) is 55.2 cm³/mol. The van der Waals surface area contributed by atoms with Crippen molar-refractivity contribution in [2.24, 2.45) is 10.8 Å². The summed E-state index contributed by atoms with van der Waals surface area (Å²) in [6.07, 6.45) is 1.33. The molecule has 0 radical (unpaired) electrons. The molecule has 1 fully saturated rings. The molecular formula is C10H16N4O. The van der Waals surface area contributed by atoms with Gasteiger partial charge in [-0.3, -0.25) is 9.89 Å². The molecule has 1 aliphatic rings. The van der Waals surface area contributed by atoms with Crippen molar-refractivity contribution in [2.45, 2.75) is 33.7 Å². The molecule has 0 saturated heterocycles. The molecule has 1 aromatic rings. The molecule has 0 aliphatic heterocycles. The average Bonchev–Trinajstić information content (AvgIpc) is 2.65. The van der Waals surface area contributed by atoms with E-state index in [4.69, 9.17) is 0 Å². The third-order valence-electron chi connectivity index (χ3n) is 3.93. The number of aromatic amines is 1. The van der Waals surface area contributed by atoms with Crippen LogP contribution in [0, 0.1) is 10.8 Å². The van der Waals surface area contributed by atoms with Crippen molar-refractivity contribution in [1.82, 2.24) is 20.5 Å². The highest BCUT2D eigenvalue weighted by Gasteiger charge is 2.65. The van der Waals surface area contributed by atoms with E-state index in [2.05, 4.69) is 48.2 Å². The van der Waals surface area contributed by atoms with Crippen molar-refractivity contribution in [3.63, 3.8) is 0 Å². The van der Waals surface area contributed by atoms with Gasteiger partial charge in [0.2, 0.25) is 5.82 Å². The van der Waals surface area contributed by atoms with Gasteiger partial charge in [0.1, 0.15) is 6.33 Å². The Kier molecular flexibility index (Phi) is 1.90. The first-order valence-corrected chi connectivity index (χ1v) is 5.03. The molecule has 0 bridgehead atoms. The zero-order valence-electron chi connectivity index (χ0n) is 9.46. The normalized spacial score (nSPS) is 22.4. The van der Waals surface area contributed by atoms with Crippen molar-refractivity contribution >= 4 is 5.91 Å². The lowest BCUT2D eigenvalue weighted by molar-refractivity contribution is 0.0933. The maximum Gasteiger partial charge on any atom is 0.288 e. The smallest absolute Gasteiger partial charge is 0.288 e. The first kappa shape index (κ1) is 10.1. The number of nitrogens with one attached hydrogen (secondary N) is 2. The molecule has 1 aromatic heterocycles. The Bertz CT molecular complexity index is 366. The molecule has 1 aliphatic carbocycles. The molecule has 0 atom stereocenters. The number of amides is 1. The third-order valence-corrected chi connectivity index (χ3v) is 3.93. The second-order valence-corrected chi connectivity index (χ2v) is 5.18. The monoisotopic (exact) mass is 208 g/mol. The fourth-order valence-corrected chi connectivity index (χ4v) is 2.07. The van der Waals surface area contributed by atoms with Gasteiger partial charge in [0.25, 0.3) is 5.91 Å². The summed E-state index contributed by atoms with van der Waals surface area (Å²) >= 11 is 0. The fraction of sp³-hybridized carbons (Fsp3) is 0.700. The van der Waals surface area contributed by atoms with Crippen molar-refractivity contribution in [3.05, 3.63) is 12.2 Å². The van der Waals surface area contributed by atoms with Gasteiger partial charge in [0, 0.05) is 6.04 Å². The Morgan fingerprint density at radius 3 is 2.40 bits per heavy atom. The quantitative estimate of drug-likeness (QED) is 0.760. The van der Waals surface area contributed by atoms with Crippen LogP contribution in [0.5, 0.6) is 0 Å². The highest BCUT2D eigenvalue weighted by molar-refractivity contribution is 5.90. The van der Waals surface area contributed by atoms with Crippen LogP contribution in [0.1, 0.15) is 38.3 Å². The minimum absolute atomic E-state index is 0.142. The lowest BCUT2D eigenvalue weighted by Gasteiger charge is -2.03. The number of aromatic nitrogens is 3. The molecule has 5 nitrogen and oxygen atoms in total. The van der Waals surface area contributed by atoms with Crippen LogP contribution >= 0.6 is 0 Å². The van der Waals surface area contributed by atoms with Crippen molar-refractivity contribution in [1.29, 1.82) is 0 Å². The number of H-pyrrole nitrogens is 1. The Balaban J connectivity index is 2.04. The molecule has 1 saturated carbocycles. The zero-order chi connectivity index (χ0) is 11.3. The van der Waals surface area contributed by atoms with E-state index in [0.717, 1.165) is 0 Å². The van der Waals surface area contributed by atoms with Gasteiger partial charge >= 0.3 is 0 Å². The summed E-state index contributed by atoms with van der Waals surface area (Å²) in [5.41, 5.74) is 0.283. The molecular weight excluding hydrogens is 192 g/mol. The minimum atomic E-state index is -0.184. The van der Waals surface area contributed by atoms with Gasteiger partial charge in [-0.25, -0.2) is 4.98 Å². The van der Waals surface area contributed by atoms with Crippen LogP contribution in [-0.4, -0.2) is 27.1 Å². The summed E-state index contributed by atoms with van der Waals surface area (Å²) in [6, 6.07) is 0.197. The van der Waals surface area contributed by atoms with Crippen LogP contribution in [0.2, 0.25) is 0 Å². The van der Waals surface area contributed by atoms with E-state index in [0.29, 0.717) is 0 Å². The zero-order valence-corrected chi connectivity index (χ0v) is 9.46. The van der Waals surface area contributed by atoms with Crippen LogP contribution in [-0.2, 0) is 0 Å². The SMILES string of the molecule is CC1(C)C(NC(=O)c2ncn[nH]2)C1(C)C. The molecule has 0 aromatic carbocycles. The van der Waals surface area contributed by atoms with Crippen LogP contribution in [0.25, 0.3) is 0 Å². The molecule has 1 heterocycles. The van der Waals surface area contributed by atoms with Crippen LogP contribution < -0.4 is 5.32 Å². The minimum Gasteiger partial charge on any atom is -0.345 e. The summed E-state index contributed by atoms with van der Waals surface area (Å²) in [5, 5.41) is 9.16. The van der Waals surface area contributed by atoms with Crippen molar-refractivity contribution < 1.29 is 4.79 Å². The second kappa shape index (κ2) is 2.81. The second-order valence-electron chi connectivity index (χ2n) is 5.18. The molecule has 0 unspecified atom stereocenters. The maximum atomic E-state index is 11.7. The van der Waals surface area contributed by atoms with E-state index in [1.54, 1.807) is 0 Å². The van der Waals surface area contributed by atoms with Crippen molar-refractivity contribution in [3.8, 4) is 0 Å². The molecule has 15 heavy (non-hydrogen) atoms. The number of nitrogens with zero attached hydrogens (tertiary/aromatic N) is 2. The number of carbonyl (C=O) groups excluding carboxylic acids is 1. The predicted octanol–water partition coefficient (Wildman–Crippen LogP) is 0.969. The van der Waals surface area contributed by atoms with Gasteiger partial charge < -0.3 is 5.32 Å².